The van der Waals surface area contributed by atoms with Crippen molar-refractivity contribution in [3.05, 3.63) is 28.8 Å². The van der Waals surface area contributed by atoms with Crippen molar-refractivity contribution in [3.8, 4) is 5.75 Å². The van der Waals surface area contributed by atoms with Crippen molar-refractivity contribution in [1.29, 1.82) is 0 Å². The van der Waals surface area contributed by atoms with Gasteiger partial charge in [-0.25, -0.2) is 0 Å². The highest BCUT2D eigenvalue weighted by Crippen LogP contribution is 2.26. The van der Waals surface area contributed by atoms with Gasteiger partial charge in [-0.1, -0.05) is 17.7 Å². The smallest absolute Gasteiger partial charge is 0.137 e. The number of rotatable bonds is 3. The maximum absolute atomic E-state index is 8.82. The lowest BCUT2D eigenvalue weighted by Crippen LogP contribution is -2.14. The lowest BCUT2D eigenvalue weighted by Gasteiger charge is -2.10. The van der Waals surface area contributed by atoms with E-state index in [0.29, 0.717) is 10.8 Å². The molecule has 14 heavy (non-hydrogen) atoms. The van der Waals surface area contributed by atoms with Gasteiger partial charge in [-0.15, -0.1) is 12.4 Å². The largest absolute Gasteiger partial charge is 0.495 e. The van der Waals surface area contributed by atoms with E-state index in [-0.39, 0.29) is 25.1 Å². The lowest BCUT2D eigenvalue weighted by atomic mass is 10.1. The van der Waals surface area contributed by atoms with Gasteiger partial charge < -0.3 is 15.6 Å². The van der Waals surface area contributed by atoms with Crippen molar-refractivity contribution in [2.24, 2.45) is 5.73 Å². The highest BCUT2D eigenvalue weighted by molar-refractivity contribution is 6.32. The minimum atomic E-state index is -0.383. The predicted octanol–water partition coefficient (Wildman–Crippen LogP) is 1.76. The van der Waals surface area contributed by atoms with Crippen LogP contribution in [0.15, 0.2) is 18.2 Å². The molecule has 0 radical (unpaired) electrons. The maximum atomic E-state index is 8.82. The first-order chi connectivity index (χ1) is 6.19. The SMILES string of the molecule is COc1cc([C@H](N)CO)ccc1Cl.Cl. The summed E-state index contributed by atoms with van der Waals surface area (Å²) in [5.41, 5.74) is 6.43. The van der Waals surface area contributed by atoms with E-state index in [4.69, 9.17) is 27.2 Å². The Labute approximate surface area is 94.2 Å². The summed E-state index contributed by atoms with van der Waals surface area (Å²) in [5.74, 6) is 0.572. The van der Waals surface area contributed by atoms with Gasteiger partial charge in [-0.3, -0.25) is 0 Å². The fourth-order valence-corrected chi connectivity index (χ4v) is 1.21. The first-order valence-corrected chi connectivity index (χ1v) is 4.26. The Morgan fingerprint density at radius 1 is 1.57 bits per heavy atom. The van der Waals surface area contributed by atoms with Crippen LogP contribution in [0.2, 0.25) is 5.02 Å². The molecule has 3 nitrogen and oxygen atoms in total. The van der Waals surface area contributed by atoms with Gasteiger partial charge in [0.2, 0.25) is 0 Å². The molecule has 3 N–H and O–H groups in total. The molecule has 0 spiro atoms. The number of ether oxygens (including phenoxy) is 1. The predicted molar refractivity (Wildman–Crippen MR) is 59.3 cm³/mol. The molecule has 0 amide bonds. The molecule has 0 saturated carbocycles. The minimum absolute atomic E-state index is 0. The van der Waals surface area contributed by atoms with E-state index in [0.717, 1.165) is 5.56 Å². The second-order valence-corrected chi connectivity index (χ2v) is 3.09. The molecule has 0 bridgehead atoms. The van der Waals surface area contributed by atoms with Crippen LogP contribution < -0.4 is 10.5 Å². The molecule has 0 aromatic heterocycles. The summed E-state index contributed by atoms with van der Waals surface area (Å²) in [6, 6.07) is 4.81. The van der Waals surface area contributed by atoms with Crippen LogP contribution >= 0.6 is 24.0 Å². The molecular formula is C9H13Cl2NO2. The highest BCUT2D eigenvalue weighted by Gasteiger charge is 2.07. The van der Waals surface area contributed by atoms with E-state index in [9.17, 15) is 0 Å². The molecule has 1 aromatic carbocycles. The molecule has 0 heterocycles. The summed E-state index contributed by atoms with van der Waals surface area (Å²) in [4.78, 5) is 0. The third-order valence-corrected chi connectivity index (χ3v) is 2.11. The van der Waals surface area contributed by atoms with Gasteiger partial charge in [0, 0.05) is 0 Å². The minimum Gasteiger partial charge on any atom is -0.495 e. The van der Waals surface area contributed by atoms with Gasteiger partial charge in [0.15, 0.2) is 0 Å². The average molecular weight is 238 g/mol. The van der Waals surface area contributed by atoms with E-state index in [1.807, 2.05) is 0 Å². The van der Waals surface area contributed by atoms with Crippen molar-refractivity contribution >= 4 is 24.0 Å². The van der Waals surface area contributed by atoms with Gasteiger partial charge in [0.25, 0.3) is 0 Å². The number of halogens is 2. The average Bonchev–Trinajstić information content (AvgIpc) is 2.17. The van der Waals surface area contributed by atoms with Crippen LogP contribution in [0.4, 0.5) is 0 Å². The fourth-order valence-electron chi connectivity index (χ4n) is 1.01. The van der Waals surface area contributed by atoms with Crippen molar-refractivity contribution in [3.63, 3.8) is 0 Å². The Morgan fingerprint density at radius 3 is 2.71 bits per heavy atom. The number of benzene rings is 1. The van der Waals surface area contributed by atoms with E-state index in [1.54, 1.807) is 18.2 Å². The number of hydrogen-bond acceptors (Lipinski definition) is 3. The number of aliphatic hydroxyl groups is 1. The second kappa shape index (κ2) is 6.09. The van der Waals surface area contributed by atoms with Crippen molar-refractivity contribution in [1.82, 2.24) is 0 Å². The first-order valence-electron chi connectivity index (χ1n) is 3.89. The summed E-state index contributed by atoms with van der Waals surface area (Å²) >= 11 is 5.82. The molecule has 0 aliphatic rings. The van der Waals surface area contributed by atoms with Crippen LogP contribution in [-0.4, -0.2) is 18.8 Å². The lowest BCUT2D eigenvalue weighted by molar-refractivity contribution is 0.267. The summed E-state index contributed by atoms with van der Waals surface area (Å²) in [5, 5.41) is 9.36. The number of methoxy groups -OCH3 is 1. The van der Waals surface area contributed by atoms with Crippen LogP contribution in [0.3, 0.4) is 0 Å². The van der Waals surface area contributed by atoms with Gasteiger partial charge in [-0.2, -0.15) is 0 Å². The third-order valence-electron chi connectivity index (χ3n) is 1.80. The summed E-state index contributed by atoms with van der Waals surface area (Å²) in [6.45, 7) is -0.0925. The molecule has 1 rings (SSSR count). The molecule has 0 aliphatic carbocycles. The molecule has 1 aromatic rings. The number of aliphatic hydroxyl groups excluding tert-OH is 1. The standard InChI is InChI=1S/C9H12ClNO2.ClH/c1-13-9-4-6(8(11)5-12)2-3-7(9)10;/h2-4,8,12H,5,11H2,1H3;1H/t8-;/m1./s1. The van der Waals surface area contributed by atoms with Crippen molar-refractivity contribution in [2.45, 2.75) is 6.04 Å². The second-order valence-electron chi connectivity index (χ2n) is 2.68. The normalized spacial score (nSPS) is 11.7. The zero-order chi connectivity index (χ0) is 9.84. The molecule has 0 unspecified atom stereocenters. The van der Waals surface area contributed by atoms with Gasteiger partial charge in [0.05, 0.1) is 24.8 Å². The third kappa shape index (κ3) is 3.03. The van der Waals surface area contributed by atoms with Crippen LogP contribution in [0.1, 0.15) is 11.6 Å². The van der Waals surface area contributed by atoms with Crippen molar-refractivity contribution < 1.29 is 9.84 Å². The Balaban J connectivity index is 0.00000169. The summed E-state index contributed by atoms with van der Waals surface area (Å²) < 4.78 is 5.01. The van der Waals surface area contributed by atoms with Gasteiger partial charge >= 0.3 is 0 Å². The topological polar surface area (TPSA) is 55.5 Å². The van der Waals surface area contributed by atoms with Crippen molar-refractivity contribution in [2.75, 3.05) is 13.7 Å². The Kier molecular flexibility index (Phi) is 5.88. The Morgan fingerprint density at radius 2 is 2.21 bits per heavy atom. The van der Waals surface area contributed by atoms with Gasteiger partial charge in [-0.05, 0) is 17.7 Å². The van der Waals surface area contributed by atoms with Crippen LogP contribution in [0.25, 0.3) is 0 Å². The summed E-state index contributed by atoms with van der Waals surface area (Å²) in [6.07, 6.45) is 0. The molecule has 0 saturated heterocycles. The Hall–Kier alpha value is -0.480. The van der Waals surface area contributed by atoms with E-state index in [1.165, 1.54) is 7.11 Å². The zero-order valence-corrected chi connectivity index (χ0v) is 9.31. The summed E-state index contributed by atoms with van der Waals surface area (Å²) in [7, 11) is 1.54. The number of hydrogen-bond donors (Lipinski definition) is 2. The molecule has 80 valence electrons. The fraction of sp³-hybridized carbons (Fsp3) is 0.333. The monoisotopic (exact) mass is 237 g/mol. The quantitative estimate of drug-likeness (QED) is 0.843. The van der Waals surface area contributed by atoms with Crippen LogP contribution in [0.5, 0.6) is 5.75 Å². The van der Waals surface area contributed by atoms with Crippen LogP contribution in [-0.2, 0) is 0 Å². The molecule has 0 fully saturated rings. The molecular weight excluding hydrogens is 225 g/mol. The molecule has 0 aliphatic heterocycles. The Bertz CT molecular complexity index is 294. The highest BCUT2D eigenvalue weighted by atomic mass is 35.5. The molecule has 5 heteroatoms. The molecule has 1 atom stereocenters. The maximum Gasteiger partial charge on any atom is 0.137 e. The van der Waals surface area contributed by atoms with E-state index >= 15 is 0 Å². The zero-order valence-electron chi connectivity index (χ0n) is 7.74. The number of nitrogens with two attached hydrogens (primary N) is 1. The van der Waals surface area contributed by atoms with E-state index in [2.05, 4.69) is 0 Å². The first kappa shape index (κ1) is 13.5. The van der Waals surface area contributed by atoms with E-state index < -0.39 is 0 Å². The van der Waals surface area contributed by atoms with Crippen LogP contribution in [0, 0.1) is 0 Å². The van der Waals surface area contributed by atoms with Gasteiger partial charge in [0.1, 0.15) is 5.75 Å².